The largest absolute Gasteiger partial charge is 0.495 e. The number of aromatic nitrogens is 1. The zero-order chi connectivity index (χ0) is 18.4. The molecule has 1 aromatic heterocycles. The van der Waals surface area contributed by atoms with Gasteiger partial charge in [0.05, 0.1) is 25.0 Å². The van der Waals surface area contributed by atoms with Crippen molar-refractivity contribution < 1.29 is 4.74 Å². The van der Waals surface area contributed by atoms with Gasteiger partial charge in [-0.05, 0) is 37.1 Å². The van der Waals surface area contributed by atoms with E-state index in [1.807, 2.05) is 30.5 Å². The van der Waals surface area contributed by atoms with Crippen LogP contribution in [0.1, 0.15) is 17.7 Å². The standard InChI is InChI=1S/C20H27N5O.HI/c1-15-7-6-11-22-17(15)13-23-20(21-2)24-16-10-12-25(14-16)18-8-4-5-9-19(18)26-3;/h4-9,11,16H,10,12-14H2,1-3H3,(H2,21,23,24);1H. The second-order valence-electron chi connectivity index (χ2n) is 6.44. The van der Waals surface area contributed by atoms with Gasteiger partial charge in [-0.15, -0.1) is 24.0 Å². The van der Waals surface area contributed by atoms with E-state index in [2.05, 4.69) is 44.6 Å². The van der Waals surface area contributed by atoms with E-state index in [1.165, 1.54) is 5.56 Å². The van der Waals surface area contributed by atoms with Crippen LogP contribution in [0.3, 0.4) is 0 Å². The number of hydrogen-bond donors (Lipinski definition) is 2. The number of nitrogens with zero attached hydrogens (tertiary/aromatic N) is 3. The number of nitrogens with one attached hydrogen (secondary N) is 2. The van der Waals surface area contributed by atoms with Crippen molar-refractivity contribution in [3.63, 3.8) is 0 Å². The van der Waals surface area contributed by atoms with Crippen LogP contribution in [0.5, 0.6) is 5.75 Å². The molecule has 0 saturated carbocycles. The molecule has 0 amide bonds. The molecule has 0 aliphatic carbocycles. The molecular formula is C20H28IN5O. The van der Waals surface area contributed by atoms with E-state index in [-0.39, 0.29) is 24.0 Å². The fraction of sp³-hybridized carbons (Fsp3) is 0.400. The molecule has 1 aliphatic heterocycles. The van der Waals surface area contributed by atoms with E-state index in [0.717, 1.165) is 42.6 Å². The van der Waals surface area contributed by atoms with Crippen LogP contribution in [-0.2, 0) is 6.54 Å². The average molecular weight is 481 g/mol. The highest BCUT2D eigenvalue weighted by molar-refractivity contribution is 14.0. The van der Waals surface area contributed by atoms with Crippen LogP contribution >= 0.6 is 24.0 Å². The topological polar surface area (TPSA) is 61.8 Å². The summed E-state index contributed by atoms with van der Waals surface area (Å²) < 4.78 is 5.49. The van der Waals surface area contributed by atoms with Crippen LogP contribution in [0.15, 0.2) is 47.6 Å². The number of rotatable bonds is 5. The van der Waals surface area contributed by atoms with Gasteiger partial charge in [-0.3, -0.25) is 9.98 Å². The van der Waals surface area contributed by atoms with E-state index in [9.17, 15) is 0 Å². The van der Waals surface area contributed by atoms with Crippen molar-refractivity contribution in [2.75, 3.05) is 32.1 Å². The number of anilines is 1. The molecule has 2 heterocycles. The minimum Gasteiger partial charge on any atom is -0.495 e. The Morgan fingerprint density at radius 2 is 2.11 bits per heavy atom. The summed E-state index contributed by atoms with van der Waals surface area (Å²) in [4.78, 5) is 11.1. The average Bonchev–Trinajstić information content (AvgIpc) is 3.14. The number of halogens is 1. The van der Waals surface area contributed by atoms with Crippen LogP contribution in [-0.4, -0.2) is 44.2 Å². The Morgan fingerprint density at radius 1 is 1.30 bits per heavy atom. The highest BCUT2D eigenvalue weighted by Gasteiger charge is 2.25. The summed E-state index contributed by atoms with van der Waals surface area (Å²) in [6.07, 6.45) is 2.88. The Kier molecular flexibility index (Phi) is 8.15. The lowest BCUT2D eigenvalue weighted by Gasteiger charge is -2.22. The summed E-state index contributed by atoms with van der Waals surface area (Å²) in [5.74, 6) is 1.73. The summed E-state index contributed by atoms with van der Waals surface area (Å²) in [7, 11) is 3.52. The summed E-state index contributed by atoms with van der Waals surface area (Å²) in [5.41, 5.74) is 3.36. The Morgan fingerprint density at radius 3 is 2.85 bits per heavy atom. The van der Waals surface area contributed by atoms with Crippen molar-refractivity contribution in [3.05, 3.63) is 53.9 Å². The van der Waals surface area contributed by atoms with Gasteiger partial charge in [-0.2, -0.15) is 0 Å². The number of ether oxygens (including phenoxy) is 1. The third-order valence-electron chi connectivity index (χ3n) is 4.72. The summed E-state index contributed by atoms with van der Waals surface area (Å²) >= 11 is 0. The van der Waals surface area contributed by atoms with Crippen molar-refractivity contribution in [3.8, 4) is 5.75 Å². The first kappa shape index (κ1) is 21.3. The van der Waals surface area contributed by atoms with E-state index in [4.69, 9.17) is 4.74 Å². The molecule has 1 aromatic carbocycles. The van der Waals surface area contributed by atoms with E-state index in [1.54, 1.807) is 14.2 Å². The summed E-state index contributed by atoms with van der Waals surface area (Å²) in [6.45, 7) is 4.65. The van der Waals surface area contributed by atoms with Crippen molar-refractivity contribution in [1.29, 1.82) is 0 Å². The molecule has 6 nitrogen and oxygen atoms in total. The summed E-state index contributed by atoms with van der Waals surface area (Å²) in [5, 5.41) is 6.88. The predicted molar refractivity (Wildman–Crippen MR) is 121 cm³/mol. The zero-order valence-corrected chi connectivity index (χ0v) is 18.4. The molecule has 1 unspecified atom stereocenters. The molecule has 27 heavy (non-hydrogen) atoms. The molecule has 1 saturated heterocycles. The molecule has 0 bridgehead atoms. The number of para-hydroxylation sites is 2. The molecule has 7 heteroatoms. The Labute approximate surface area is 178 Å². The normalized spacial score (nSPS) is 16.6. The van der Waals surface area contributed by atoms with Crippen LogP contribution in [0.4, 0.5) is 5.69 Å². The molecule has 1 fully saturated rings. The van der Waals surface area contributed by atoms with Gasteiger partial charge in [0.1, 0.15) is 5.75 Å². The fourth-order valence-corrected chi connectivity index (χ4v) is 3.25. The lowest BCUT2D eigenvalue weighted by atomic mass is 10.2. The number of hydrogen-bond acceptors (Lipinski definition) is 4. The minimum absolute atomic E-state index is 0. The molecule has 3 rings (SSSR count). The number of guanidine groups is 1. The molecule has 1 aliphatic rings. The monoisotopic (exact) mass is 481 g/mol. The Bertz CT molecular complexity index is 768. The van der Waals surface area contributed by atoms with Crippen molar-refractivity contribution in [1.82, 2.24) is 15.6 Å². The fourth-order valence-electron chi connectivity index (χ4n) is 3.25. The van der Waals surface area contributed by atoms with Crippen molar-refractivity contribution >= 4 is 35.6 Å². The van der Waals surface area contributed by atoms with Crippen LogP contribution in [0, 0.1) is 6.92 Å². The number of pyridine rings is 1. The first-order valence-corrected chi connectivity index (χ1v) is 8.97. The first-order valence-electron chi connectivity index (χ1n) is 8.97. The maximum absolute atomic E-state index is 5.49. The highest BCUT2D eigenvalue weighted by Crippen LogP contribution is 2.30. The highest BCUT2D eigenvalue weighted by atomic mass is 127. The molecule has 0 radical (unpaired) electrons. The number of methoxy groups -OCH3 is 1. The van der Waals surface area contributed by atoms with Crippen LogP contribution in [0.2, 0.25) is 0 Å². The molecule has 2 N–H and O–H groups in total. The Hall–Kier alpha value is -2.03. The number of benzene rings is 1. The van der Waals surface area contributed by atoms with E-state index in [0.29, 0.717) is 12.6 Å². The smallest absolute Gasteiger partial charge is 0.191 e. The second-order valence-corrected chi connectivity index (χ2v) is 6.44. The zero-order valence-electron chi connectivity index (χ0n) is 16.1. The van der Waals surface area contributed by atoms with Gasteiger partial charge >= 0.3 is 0 Å². The summed E-state index contributed by atoms with van der Waals surface area (Å²) in [6, 6.07) is 12.5. The van der Waals surface area contributed by atoms with Crippen LogP contribution in [0.25, 0.3) is 0 Å². The predicted octanol–water partition coefficient (Wildman–Crippen LogP) is 2.96. The molecule has 2 aromatic rings. The van der Waals surface area contributed by atoms with Gasteiger partial charge in [-0.25, -0.2) is 0 Å². The van der Waals surface area contributed by atoms with Crippen molar-refractivity contribution in [2.45, 2.75) is 25.9 Å². The minimum atomic E-state index is 0. The maximum Gasteiger partial charge on any atom is 0.191 e. The number of aryl methyl sites for hydroxylation is 1. The SMILES string of the molecule is CN=C(NCc1ncccc1C)NC1CCN(c2ccccc2OC)C1.I. The lowest BCUT2D eigenvalue weighted by molar-refractivity contribution is 0.415. The van der Waals surface area contributed by atoms with Gasteiger partial charge < -0.3 is 20.3 Å². The van der Waals surface area contributed by atoms with Crippen molar-refractivity contribution in [2.24, 2.45) is 4.99 Å². The van der Waals surface area contributed by atoms with Gasteiger partial charge in [-0.1, -0.05) is 18.2 Å². The van der Waals surface area contributed by atoms with Gasteiger partial charge in [0.2, 0.25) is 0 Å². The van der Waals surface area contributed by atoms with Gasteiger partial charge in [0, 0.05) is 32.4 Å². The maximum atomic E-state index is 5.49. The van der Waals surface area contributed by atoms with Crippen LogP contribution < -0.4 is 20.3 Å². The first-order chi connectivity index (χ1) is 12.7. The van der Waals surface area contributed by atoms with E-state index < -0.39 is 0 Å². The second kappa shape index (κ2) is 10.3. The van der Waals surface area contributed by atoms with Gasteiger partial charge in [0.25, 0.3) is 0 Å². The quantitative estimate of drug-likeness (QED) is 0.391. The molecule has 146 valence electrons. The third kappa shape index (κ3) is 5.47. The lowest BCUT2D eigenvalue weighted by Crippen LogP contribution is -2.44. The van der Waals surface area contributed by atoms with Gasteiger partial charge in [0.15, 0.2) is 5.96 Å². The molecule has 1 atom stereocenters. The molecule has 0 spiro atoms. The molecular weight excluding hydrogens is 453 g/mol. The third-order valence-corrected chi connectivity index (χ3v) is 4.72. The number of aliphatic imine (C=N–C) groups is 1. The van der Waals surface area contributed by atoms with E-state index >= 15 is 0 Å². The Balaban J connectivity index is 0.00000261.